The molecule has 7 heteroatoms. The second-order valence-corrected chi connectivity index (χ2v) is 5.92. The van der Waals surface area contributed by atoms with E-state index in [1.165, 1.54) is 12.1 Å². The standard InChI is InChI=1S/C16H21FN4S.HI/c1-3-18-16(19-8-7-15-11-22-12(2)21-15)20-10-13-5-4-6-14(17)9-13;/h4-6,9,11H,3,7-8,10H2,1-2H3,(H2,18,19,20);1H. The van der Waals surface area contributed by atoms with Crippen molar-refractivity contribution in [3.63, 3.8) is 0 Å². The Morgan fingerprint density at radius 1 is 1.35 bits per heavy atom. The van der Waals surface area contributed by atoms with Crippen LogP contribution in [0.25, 0.3) is 0 Å². The maximum atomic E-state index is 13.1. The third kappa shape index (κ3) is 7.26. The molecule has 0 radical (unpaired) electrons. The van der Waals surface area contributed by atoms with E-state index in [4.69, 9.17) is 0 Å². The summed E-state index contributed by atoms with van der Waals surface area (Å²) in [5, 5.41) is 9.62. The van der Waals surface area contributed by atoms with Crippen LogP contribution in [0.1, 0.15) is 23.2 Å². The van der Waals surface area contributed by atoms with Crippen molar-refractivity contribution in [2.75, 3.05) is 13.1 Å². The smallest absolute Gasteiger partial charge is 0.191 e. The minimum absolute atomic E-state index is 0. The van der Waals surface area contributed by atoms with Gasteiger partial charge in [-0.05, 0) is 31.5 Å². The van der Waals surface area contributed by atoms with Crippen molar-refractivity contribution in [2.45, 2.75) is 26.8 Å². The van der Waals surface area contributed by atoms with Gasteiger partial charge in [0.25, 0.3) is 0 Å². The molecule has 126 valence electrons. The topological polar surface area (TPSA) is 49.3 Å². The molecule has 1 aromatic carbocycles. The SMILES string of the molecule is CCNC(=NCc1cccc(F)c1)NCCc1csc(C)n1.I. The van der Waals surface area contributed by atoms with Crippen LogP contribution < -0.4 is 10.6 Å². The second-order valence-electron chi connectivity index (χ2n) is 4.86. The van der Waals surface area contributed by atoms with Gasteiger partial charge in [-0.15, -0.1) is 35.3 Å². The number of benzene rings is 1. The number of aromatic nitrogens is 1. The van der Waals surface area contributed by atoms with E-state index in [0.29, 0.717) is 6.54 Å². The fourth-order valence-electron chi connectivity index (χ4n) is 1.98. The van der Waals surface area contributed by atoms with Crippen molar-refractivity contribution in [1.82, 2.24) is 15.6 Å². The number of halogens is 2. The number of rotatable bonds is 6. The zero-order chi connectivity index (χ0) is 15.8. The molecule has 2 N–H and O–H groups in total. The largest absolute Gasteiger partial charge is 0.357 e. The molecule has 0 unspecified atom stereocenters. The van der Waals surface area contributed by atoms with Gasteiger partial charge in [0.05, 0.1) is 17.2 Å². The van der Waals surface area contributed by atoms with Crippen molar-refractivity contribution in [1.29, 1.82) is 0 Å². The lowest BCUT2D eigenvalue weighted by atomic mass is 10.2. The maximum absolute atomic E-state index is 13.1. The molecule has 23 heavy (non-hydrogen) atoms. The van der Waals surface area contributed by atoms with Crippen LogP contribution in [0.5, 0.6) is 0 Å². The average molecular weight is 448 g/mol. The molecule has 0 aliphatic carbocycles. The Bertz CT molecular complexity index is 630. The Balaban J connectivity index is 0.00000264. The van der Waals surface area contributed by atoms with Crippen molar-refractivity contribution < 1.29 is 4.39 Å². The lowest BCUT2D eigenvalue weighted by Crippen LogP contribution is -2.38. The molecule has 0 amide bonds. The average Bonchev–Trinajstić information content (AvgIpc) is 2.90. The zero-order valence-corrected chi connectivity index (χ0v) is 16.5. The molecule has 0 atom stereocenters. The van der Waals surface area contributed by atoms with Gasteiger partial charge in [-0.2, -0.15) is 0 Å². The first kappa shape index (κ1) is 19.8. The zero-order valence-electron chi connectivity index (χ0n) is 13.3. The van der Waals surface area contributed by atoms with Gasteiger partial charge in [-0.25, -0.2) is 14.4 Å². The highest BCUT2D eigenvalue weighted by atomic mass is 127. The van der Waals surface area contributed by atoms with Gasteiger partial charge in [0, 0.05) is 24.9 Å². The Morgan fingerprint density at radius 3 is 2.83 bits per heavy atom. The quantitative estimate of drug-likeness (QED) is 0.404. The van der Waals surface area contributed by atoms with Gasteiger partial charge in [-0.1, -0.05) is 12.1 Å². The summed E-state index contributed by atoms with van der Waals surface area (Å²) in [6.45, 7) is 6.02. The van der Waals surface area contributed by atoms with Gasteiger partial charge >= 0.3 is 0 Å². The summed E-state index contributed by atoms with van der Waals surface area (Å²) < 4.78 is 13.1. The lowest BCUT2D eigenvalue weighted by molar-refractivity contribution is 0.625. The predicted molar refractivity (Wildman–Crippen MR) is 105 cm³/mol. The number of nitrogens with one attached hydrogen (secondary N) is 2. The van der Waals surface area contributed by atoms with Crippen molar-refractivity contribution >= 4 is 41.3 Å². The van der Waals surface area contributed by atoms with Gasteiger partial charge < -0.3 is 10.6 Å². The minimum Gasteiger partial charge on any atom is -0.357 e. The fourth-order valence-corrected chi connectivity index (χ4v) is 2.63. The molecule has 4 nitrogen and oxygen atoms in total. The number of aliphatic imine (C=N–C) groups is 1. The van der Waals surface area contributed by atoms with Gasteiger partial charge in [0.15, 0.2) is 5.96 Å². The van der Waals surface area contributed by atoms with Gasteiger partial charge in [-0.3, -0.25) is 0 Å². The summed E-state index contributed by atoms with van der Waals surface area (Å²) in [5.74, 6) is 0.503. The summed E-state index contributed by atoms with van der Waals surface area (Å²) in [4.78, 5) is 8.90. The highest BCUT2D eigenvalue weighted by Gasteiger charge is 2.01. The highest BCUT2D eigenvalue weighted by molar-refractivity contribution is 14.0. The summed E-state index contributed by atoms with van der Waals surface area (Å²) >= 11 is 1.66. The van der Waals surface area contributed by atoms with E-state index in [1.807, 2.05) is 19.9 Å². The number of hydrogen-bond donors (Lipinski definition) is 2. The van der Waals surface area contributed by atoms with E-state index < -0.39 is 0 Å². The molecule has 1 heterocycles. The van der Waals surface area contributed by atoms with Crippen LogP contribution in [-0.4, -0.2) is 24.0 Å². The molecule has 0 aliphatic rings. The van der Waals surface area contributed by atoms with Gasteiger partial charge in [0.1, 0.15) is 5.82 Å². The summed E-state index contributed by atoms with van der Waals surface area (Å²) in [5.41, 5.74) is 1.95. The highest BCUT2D eigenvalue weighted by Crippen LogP contribution is 2.08. The lowest BCUT2D eigenvalue weighted by Gasteiger charge is -2.10. The Morgan fingerprint density at radius 2 is 2.17 bits per heavy atom. The normalized spacial score (nSPS) is 11.0. The van der Waals surface area contributed by atoms with Crippen LogP contribution in [0.15, 0.2) is 34.6 Å². The molecule has 0 aliphatic heterocycles. The molecule has 0 spiro atoms. The van der Waals surface area contributed by atoms with Crippen molar-refractivity contribution in [3.05, 3.63) is 51.7 Å². The van der Waals surface area contributed by atoms with E-state index in [1.54, 1.807) is 17.4 Å². The molecule has 0 bridgehead atoms. The summed E-state index contributed by atoms with van der Waals surface area (Å²) in [6.07, 6.45) is 0.856. The predicted octanol–water partition coefficient (Wildman–Crippen LogP) is 3.51. The summed E-state index contributed by atoms with van der Waals surface area (Å²) in [6, 6.07) is 6.51. The van der Waals surface area contributed by atoms with E-state index in [-0.39, 0.29) is 29.8 Å². The van der Waals surface area contributed by atoms with E-state index in [2.05, 4.69) is 26.0 Å². The van der Waals surface area contributed by atoms with E-state index in [0.717, 1.165) is 41.7 Å². The molecule has 0 saturated carbocycles. The summed E-state index contributed by atoms with van der Waals surface area (Å²) in [7, 11) is 0. The fraction of sp³-hybridized carbons (Fsp3) is 0.375. The first-order chi connectivity index (χ1) is 10.7. The first-order valence-electron chi connectivity index (χ1n) is 7.35. The molecular formula is C16H22FIN4S. The van der Waals surface area contributed by atoms with Crippen LogP contribution in [-0.2, 0) is 13.0 Å². The van der Waals surface area contributed by atoms with Crippen LogP contribution in [0, 0.1) is 12.7 Å². The Labute approximate surface area is 157 Å². The number of hydrogen-bond acceptors (Lipinski definition) is 3. The number of guanidine groups is 1. The molecular weight excluding hydrogens is 426 g/mol. The first-order valence-corrected chi connectivity index (χ1v) is 8.23. The number of thiazole rings is 1. The molecule has 2 aromatic rings. The monoisotopic (exact) mass is 448 g/mol. The Hall–Kier alpha value is -1.22. The van der Waals surface area contributed by atoms with Gasteiger partial charge in [0.2, 0.25) is 0 Å². The second kappa shape index (κ2) is 10.5. The van der Waals surface area contributed by atoms with E-state index in [9.17, 15) is 4.39 Å². The molecule has 0 fully saturated rings. The van der Waals surface area contributed by atoms with Crippen LogP contribution in [0.3, 0.4) is 0 Å². The Kier molecular flexibility index (Phi) is 9.08. The molecule has 0 saturated heterocycles. The molecule has 2 rings (SSSR count). The van der Waals surface area contributed by atoms with Crippen LogP contribution in [0.4, 0.5) is 4.39 Å². The minimum atomic E-state index is -0.232. The molecule has 1 aromatic heterocycles. The number of nitrogens with zero attached hydrogens (tertiary/aromatic N) is 2. The van der Waals surface area contributed by atoms with E-state index >= 15 is 0 Å². The third-order valence-corrected chi connectivity index (χ3v) is 3.82. The van der Waals surface area contributed by atoms with Crippen LogP contribution >= 0.6 is 35.3 Å². The van der Waals surface area contributed by atoms with Crippen molar-refractivity contribution in [2.24, 2.45) is 4.99 Å². The van der Waals surface area contributed by atoms with Crippen molar-refractivity contribution in [3.8, 4) is 0 Å². The third-order valence-electron chi connectivity index (χ3n) is 2.99. The maximum Gasteiger partial charge on any atom is 0.191 e. The van der Waals surface area contributed by atoms with Crippen LogP contribution in [0.2, 0.25) is 0 Å². The number of aryl methyl sites for hydroxylation is 1.